The highest BCUT2D eigenvalue weighted by Crippen LogP contribution is 2.53. The number of aryl methyl sites for hydroxylation is 1. The molecule has 154 valence electrons. The fourth-order valence-corrected chi connectivity index (χ4v) is 4.46. The molecule has 2 heterocycles. The third-order valence-electron chi connectivity index (χ3n) is 5.65. The van der Waals surface area contributed by atoms with Crippen LogP contribution in [0.25, 0.3) is 0 Å². The molecule has 1 unspecified atom stereocenters. The van der Waals surface area contributed by atoms with E-state index >= 15 is 0 Å². The van der Waals surface area contributed by atoms with Crippen molar-refractivity contribution in [2.45, 2.75) is 39.4 Å². The van der Waals surface area contributed by atoms with Gasteiger partial charge >= 0.3 is 12.2 Å². The lowest BCUT2D eigenvalue weighted by Crippen LogP contribution is -2.55. The molecular formula is C23H20F3N3O. The molecule has 4 nitrogen and oxygen atoms in total. The molecule has 0 saturated heterocycles. The number of fused-ring (bicyclic) bond motifs is 3. The quantitative estimate of drug-likeness (QED) is 0.615. The average molecular weight is 411 g/mol. The lowest BCUT2D eigenvalue weighted by molar-refractivity contribution is -0.137. The maximum absolute atomic E-state index is 13.7. The smallest absolute Gasteiger partial charge is 0.416 e. The van der Waals surface area contributed by atoms with Gasteiger partial charge in [0.2, 0.25) is 0 Å². The number of nitrogens with zero attached hydrogens (tertiary/aromatic N) is 3. The summed E-state index contributed by atoms with van der Waals surface area (Å²) in [5.74, 6) is 0.280. The van der Waals surface area contributed by atoms with Crippen molar-refractivity contribution in [3.8, 4) is 11.8 Å². The molecule has 0 aromatic heterocycles. The second-order valence-corrected chi connectivity index (χ2v) is 7.88. The monoisotopic (exact) mass is 411 g/mol. The van der Waals surface area contributed by atoms with Gasteiger partial charge in [-0.15, -0.1) is 0 Å². The Hall–Kier alpha value is -3.27. The summed E-state index contributed by atoms with van der Waals surface area (Å²) in [7, 11) is 0. The maximum Gasteiger partial charge on any atom is 0.416 e. The third-order valence-corrected chi connectivity index (χ3v) is 5.65. The normalized spacial score (nSPS) is 20.5. The number of allylic oxidation sites excluding steroid dienone is 1. The van der Waals surface area contributed by atoms with E-state index < -0.39 is 17.3 Å². The largest absolute Gasteiger partial charge is 0.423 e. The van der Waals surface area contributed by atoms with E-state index in [9.17, 15) is 18.4 Å². The number of amidine groups is 1. The first-order valence-corrected chi connectivity index (χ1v) is 9.57. The predicted molar refractivity (Wildman–Crippen MR) is 108 cm³/mol. The zero-order valence-corrected chi connectivity index (χ0v) is 17.0. The molecule has 0 saturated carbocycles. The first-order chi connectivity index (χ1) is 14.1. The van der Waals surface area contributed by atoms with Gasteiger partial charge < -0.3 is 4.74 Å². The summed E-state index contributed by atoms with van der Waals surface area (Å²) in [5, 5.41) is 10.1. The van der Waals surface area contributed by atoms with Crippen LogP contribution in [0.2, 0.25) is 0 Å². The van der Waals surface area contributed by atoms with E-state index in [0.717, 1.165) is 12.1 Å². The number of benzene rings is 2. The van der Waals surface area contributed by atoms with Gasteiger partial charge in [0.1, 0.15) is 5.54 Å². The number of hydrogen-bond donors (Lipinski definition) is 0. The standard InChI is InChI=1S/C23H20F3N3O/c1-13(2)22(16-9-14(3)10-17(11-16)23(24,25)26)18(12-27)15(4)28-21-29(22)19-7-5-6-8-20(19)30-21/h5-11,13H,1-4H3. The minimum Gasteiger partial charge on any atom is -0.423 e. The van der Waals surface area contributed by atoms with Gasteiger partial charge in [-0.2, -0.15) is 18.4 Å². The highest BCUT2D eigenvalue weighted by Gasteiger charge is 2.54. The Kier molecular flexibility index (Phi) is 4.42. The van der Waals surface area contributed by atoms with Crippen molar-refractivity contribution in [1.29, 1.82) is 5.26 Å². The van der Waals surface area contributed by atoms with Crippen LogP contribution in [-0.2, 0) is 11.7 Å². The molecule has 2 aliphatic rings. The summed E-state index contributed by atoms with van der Waals surface area (Å²) < 4.78 is 46.9. The molecule has 2 aromatic carbocycles. The number of halogens is 3. The minimum atomic E-state index is -4.50. The molecule has 7 heteroatoms. The van der Waals surface area contributed by atoms with Crippen molar-refractivity contribution in [2.75, 3.05) is 4.90 Å². The molecule has 0 spiro atoms. The number of rotatable bonds is 2. The molecule has 2 aliphatic heterocycles. The molecule has 0 amide bonds. The Morgan fingerprint density at radius 1 is 1.13 bits per heavy atom. The van der Waals surface area contributed by atoms with Crippen LogP contribution in [0.1, 0.15) is 37.5 Å². The van der Waals surface area contributed by atoms with Crippen molar-refractivity contribution in [3.05, 3.63) is 70.4 Å². The van der Waals surface area contributed by atoms with E-state index in [0.29, 0.717) is 33.8 Å². The van der Waals surface area contributed by atoms with E-state index in [4.69, 9.17) is 4.74 Å². The van der Waals surface area contributed by atoms with E-state index in [2.05, 4.69) is 11.1 Å². The molecule has 2 aromatic rings. The number of anilines is 1. The maximum atomic E-state index is 13.7. The molecular weight excluding hydrogens is 391 g/mol. The zero-order chi connectivity index (χ0) is 21.8. The third kappa shape index (κ3) is 2.71. The molecule has 0 aliphatic carbocycles. The van der Waals surface area contributed by atoms with Crippen molar-refractivity contribution in [2.24, 2.45) is 10.9 Å². The highest BCUT2D eigenvalue weighted by molar-refractivity contribution is 6.04. The molecule has 30 heavy (non-hydrogen) atoms. The van der Waals surface area contributed by atoms with Crippen LogP contribution >= 0.6 is 0 Å². The van der Waals surface area contributed by atoms with Gasteiger partial charge in [0, 0.05) is 0 Å². The Bertz CT molecular complexity index is 1140. The van der Waals surface area contributed by atoms with E-state index in [1.165, 1.54) is 0 Å². The summed E-state index contributed by atoms with van der Waals surface area (Å²) in [4.78, 5) is 6.23. The van der Waals surface area contributed by atoms with Gasteiger partial charge in [0.05, 0.1) is 28.6 Å². The van der Waals surface area contributed by atoms with Crippen molar-refractivity contribution < 1.29 is 17.9 Å². The van der Waals surface area contributed by atoms with Crippen molar-refractivity contribution >= 4 is 11.7 Å². The van der Waals surface area contributed by atoms with Crippen LogP contribution in [0.5, 0.6) is 5.75 Å². The topological polar surface area (TPSA) is 48.6 Å². The summed E-state index contributed by atoms with van der Waals surface area (Å²) in [6.45, 7) is 7.10. The second-order valence-electron chi connectivity index (χ2n) is 7.88. The van der Waals surface area contributed by atoms with E-state index in [1.54, 1.807) is 30.9 Å². The molecule has 0 radical (unpaired) electrons. The predicted octanol–water partition coefficient (Wildman–Crippen LogP) is 5.93. The van der Waals surface area contributed by atoms with Crippen LogP contribution in [0.4, 0.5) is 18.9 Å². The number of alkyl halides is 3. The van der Waals surface area contributed by atoms with Crippen LogP contribution in [0.15, 0.2) is 58.7 Å². The van der Waals surface area contributed by atoms with Gasteiger partial charge in [-0.3, -0.25) is 4.90 Å². The van der Waals surface area contributed by atoms with Crippen LogP contribution < -0.4 is 9.64 Å². The second kappa shape index (κ2) is 6.63. The Morgan fingerprint density at radius 3 is 2.47 bits per heavy atom. The number of ether oxygens (including phenoxy) is 1. The molecule has 1 atom stereocenters. The molecule has 0 bridgehead atoms. The van der Waals surface area contributed by atoms with E-state index in [1.807, 2.05) is 32.0 Å². The lowest BCUT2D eigenvalue weighted by Gasteiger charge is -2.47. The summed E-state index contributed by atoms with van der Waals surface area (Å²) in [6, 6.07) is 13.7. The van der Waals surface area contributed by atoms with Gasteiger partial charge in [0.15, 0.2) is 5.75 Å². The Balaban J connectivity index is 2.10. The van der Waals surface area contributed by atoms with Crippen LogP contribution in [0.3, 0.4) is 0 Å². The van der Waals surface area contributed by atoms with Crippen LogP contribution in [0, 0.1) is 24.2 Å². The Labute approximate surface area is 172 Å². The highest BCUT2D eigenvalue weighted by atomic mass is 19.4. The van der Waals surface area contributed by atoms with Gasteiger partial charge in [-0.1, -0.05) is 37.6 Å². The molecule has 0 N–H and O–H groups in total. The minimum absolute atomic E-state index is 0.261. The number of aliphatic imine (C=N–C) groups is 1. The summed E-state index contributed by atoms with van der Waals surface area (Å²) in [6.07, 6.45) is -4.50. The summed E-state index contributed by atoms with van der Waals surface area (Å²) in [5.41, 5.74) is 0.306. The Morgan fingerprint density at radius 2 is 1.83 bits per heavy atom. The van der Waals surface area contributed by atoms with Crippen LogP contribution in [-0.4, -0.2) is 6.02 Å². The number of hydrogen-bond acceptors (Lipinski definition) is 4. The molecule has 0 fully saturated rings. The number of nitriles is 1. The fourth-order valence-electron chi connectivity index (χ4n) is 4.46. The fraction of sp³-hybridized carbons (Fsp3) is 0.304. The van der Waals surface area contributed by atoms with Gasteiger partial charge in [-0.05, 0) is 49.6 Å². The van der Waals surface area contributed by atoms with Gasteiger partial charge in [-0.25, -0.2) is 4.99 Å². The van der Waals surface area contributed by atoms with Crippen molar-refractivity contribution in [1.82, 2.24) is 0 Å². The summed E-state index contributed by atoms with van der Waals surface area (Å²) >= 11 is 0. The SMILES string of the molecule is CC1=C(C#N)C(c2cc(C)cc(C(F)(F)F)c2)(C(C)C)N2C(=N1)Oc1ccccc12. The number of para-hydroxylation sites is 2. The average Bonchev–Trinajstić information content (AvgIpc) is 3.03. The lowest BCUT2D eigenvalue weighted by atomic mass is 9.71. The van der Waals surface area contributed by atoms with E-state index in [-0.39, 0.29) is 11.9 Å². The van der Waals surface area contributed by atoms with Crippen molar-refractivity contribution in [3.63, 3.8) is 0 Å². The first-order valence-electron chi connectivity index (χ1n) is 9.57. The first kappa shape index (κ1) is 20.0. The molecule has 4 rings (SSSR count). The van der Waals surface area contributed by atoms with Gasteiger partial charge in [0.25, 0.3) is 0 Å². The zero-order valence-electron chi connectivity index (χ0n) is 17.0.